The molecule has 0 unspecified atom stereocenters. The number of thiazole rings is 1. The number of hydrogen-bond acceptors (Lipinski definition) is 4. The fourth-order valence-corrected chi connectivity index (χ4v) is 4.76. The Hall–Kier alpha value is -1.95. The van der Waals surface area contributed by atoms with Crippen molar-refractivity contribution >= 4 is 23.0 Å². The summed E-state index contributed by atoms with van der Waals surface area (Å²) in [5, 5.41) is 2.95. The van der Waals surface area contributed by atoms with E-state index in [4.69, 9.17) is 0 Å². The molecule has 0 spiro atoms. The molecule has 6 heteroatoms. The van der Waals surface area contributed by atoms with Gasteiger partial charge in [-0.05, 0) is 39.0 Å². The number of Topliss-reactive ketones (excluding diaryl/α,β-unsaturated/α-hetero) is 1. The number of rotatable bonds is 2. The van der Waals surface area contributed by atoms with Crippen LogP contribution in [0.15, 0.2) is 11.6 Å². The molecule has 1 amide bonds. The highest BCUT2D eigenvalue weighted by Crippen LogP contribution is 2.35. The van der Waals surface area contributed by atoms with Crippen molar-refractivity contribution < 1.29 is 9.59 Å². The lowest BCUT2D eigenvalue weighted by Crippen LogP contribution is -2.39. The van der Waals surface area contributed by atoms with E-state index in [0.29, 0.717) is 17.5 Å². The van der Waals surface area contributed by atoms with Crippen LogP contribution in [0.25, 0.3) is 0 Å². The minimum atomic E-state index is -0.0137. The van der Waals surface area contributed by atoms with Gasteiger partial charge < -0.3 is 9.88 Å². The van der Waals surface area contributed by atoms with E-state index in [1.807, 2.05) is 17.2 Å². The zero-order valence-electron chi connectivity index (χ0n) is 13.8. The van der Waals surface area contributed by atoms with E-state index in [1.165, 1.54) is 0 Å². The van der Waals surface area contributed by atoms with E-state index in [2.05, 4.69) is 9.97 Å². The van der Waals surface area contributed by atoms with Gasteiger partial charge in [0.2, 0.25) is 0 Å². The van der Waals surface area contributed by atoms with Crippen LogP contribution >= 0.6 is 11.3 Å². The predicted molar refractivity (Wildman–Crippen MR) is 92.5 cm³/mol. The molecule has 4 rings (SSSR count). The number of fused-ring (bicyclic) bond motifs is 1. The number of piperidine rings is 1. The van der Waals surface area contributed by atoms with Gasteiger partial charge >= 0.3 is 0 Å². The Labute approximate surface area is 145 Å². The van der Waals surface area contributed by atoms with E-state index in [9.17, 15) is 9.59 Å². The molecule has 1 N–H and O–H groups in total. The van der Waals surface area contributed by atoms with Crippen molar-refractivity contribution in [3.05, 3.63) is 39.1 Å². The molecule has 126 valence electrons. The zero-order valence-corrected chi connectivity index (χ0v) is 14.6. The van der Waals surface area contributed by atoms with Crippen molar-refractivity contribution in [1.82, 2.24) is 14.9 Å². The lowest BCUT2D eigenvalue weighted by atomic mass is 9.92. The average molecular weight is 343 g/mol. The maximum atomic E-state index is 13.3. The number of aryl methyl sites for hydroxylation is 2. The fraction of sp³-hybridized carbons (Fsp3) is 0.500. The highest BCUT2D eigenvalue weighted by Gasteiger charge is 2.35. The van der Waals surface area contributed by atoms with Gasteiger partial charge in [-0.15, -0.1) is 11.3 Å². The summed E-state index contributed by atoms with van der Waals surface area (Å²) in [6.45, 7) is 2.64. The summed E-state index contributed by atoms with van der Waals surface area (Å²) in [4.78, 5) is 35.4. The van der Waals surface area contributed by atoms with Gasteiger partial charge in [-0.1, -0.05) is 0 Å². The third-order valence-corrected chi connectivity index (χ3v) is 5.97. The Kier molecular flexibility index (Phi) is 4.00. The van der Waals surface area contributed by atoms with Gasteiger partial charge in [-0.3, -0.25) is 9.59 Å². The van der Waals surface area contributed by atoms with Crippen LogP contribution in [0.4, 0.5) is 0 Å². The van der Waals surface area contributed by atoms with Crippen LogP contribution in [0.1, 0.15) is 75.3 Å². The molecule has 2 aliphatic rings. The second-order valence-corrected chi connectivity index (χ2v) is 7.56. The SMILES string of the molecule is Cc1[nH]c2c(c1C(=O)N1CCCC[C@@H]1c1nccs1)C(=O)CCC2. The number of hydrogen-bond donors (Lipinski definition) is 1. The van der Waals surface area contributed by atoms with Gasteiger partial charge in [-0.25, -0.2) is 4.98 Å². The first-order valence-electron chi connectivity index (χ1n) is 8.62. The number of likely N-dealkylation sites (tertiary alicyclic amines) is 1. The number of nitrogens with one attached hydrogen (secondary N) is 1. The van der Waals surface area contributed by atoms with Gasteiger partial charge in [0.1, 0.15) is 5.01 Å². The van der Waals surface area contributed by atoms with Crippen LogP contribution < -0.4 is 0 Å². The summed E-state index contributed by atoms with van der Waals surface area (Å²) in [7, 11) is 0. The molecule has 0 radical (unpaired) electrons. The van der Waals surface area contributed by atoms with Gasteiger partial charge in [0.25, 0.3) is 5.91 Å². The Bertz CT molecular complexity index is 779. The van der Waals surface area contributed by atoms with Crippen LogP contribution in [-0.4, -0.2) is 33.1 Å². The second kappa shape index (κ2) is 6.16. The van der Waals surface area contributed by atoms with E-state index in [1.54, 1.807) is 17.5 Å². The molecule has 0 bridgehead atoms. The highest BCUT2D eigenvalue weighted by molar-refractivity contribution is 7.09. The molecule has 3 heterocycles. The molecule has 1 atom stereocenters. The first-order valence-corrected chi connectivity index (χ1v) is 9.49. The molecule has 1 aliphatic carbocycles. The van der Waals surface area contributed by atoms with Gasteiger partial charge in [0.05, 0.1) is 17.2 Å². The minimum absolute atomic E-state index is 0.0137. The number of H-pyrrole nitrogens is 1. The molecule has 1 fully saturated rings. The normalized spacial score (nSPS) is 21.0. The van der Waals surface area contributed by atoms with Gasteiger partial charge in [0.15, 0.2) is 5.78 Å². The largest absolute Gasteiger partial charge is 0.361 e. The number of nitrogens with zero attached hydrogens (tertiary/aromatic N) is 2. The van der Waals surface area contributed by atoms with Crippen molar-refractivity contribution in [3.8, 4) is 0 Å². The summed E-state index contributed by atoms with van der Waals surface area (Å²) < 4.78 is 0. The van der Waals surface area contributed by atoms with Crippen LogP contribution in [0.3, 0.4) is 0 Å². The fourth-order valence-electron chi connectivity index (χ4n) is 3.98. The minimum Gasteiger partial charge on any atom is -0.361 e. The first kappa shape index (κ1) is 15.6. The number of aromatic nitrogens is 2. The maximum Gasteiger partial charge on any atom is 0.257 e. The van der Waals surface area contributed by atoms with Gasteiger partial charge in [-0.2, -0.15) is 0 Å². The molecule has 0 aromatic carbocycles. The average Bonchev–Trinajstić information content (AvgIpc) is 3.22. The Morgan fingerprint density at radius 1 is 1.33 bits per heavy atom. The molecule has 1 aliphatic heterocycles. The lowest BCUT2D eigenvalue weighted by molar-refractivity contribution is 0.0607. The summed E-state index contributed by atoms with van der Waals surface area (Å²) in [6.07, 6.45) is 7.12. The molecule has 0 saturated carbocycles. The summed E-state index contributed by atoms with van der Waals surface area (Å²) in [6, 6.07) is 0.0369. The third-order valence-electron chi connectivity index (χ3n) is 5.09. The Morgan fingerprint density at radius 3 is 3.00 bits per heavy atom. The molecule has 2 aromatic heterocycles. The molecule has 2 aromatic rings. The Morgan fingerprint density at radius 2 is 2.21 bits per heavy atom. The van der Waals surface area contributed by atoms with Gasteiger partial charge in [0, 0.05) is 35.9 Å². The zero-order chi connectivity index (χ0) is 16.7. The quantitative estimate of drug-likeness (QED) is 0.905. The van der Waals surface area contributed by atoms with E-state index in [0.717, 1.165) is 55.0 Å². The highest BCUT2D eigenvalue weighted by atomic mass is 32.1. The predicted octanol–water partition coefficient (Wildman–Crippen LogP) is 3.67. The van der Waals surface area contributed by atoms with Crippen molar-refractivity contribution in [1.29, 1.82) is 0 Å². The summed E-state index contributed by atoms with van der Waals surface area (Å²) in [5.41, 5.74) is 3.00. The third kappa shape index (κ3) is 2.49. The molecular weight excluding hydrogens is 322 g/mol. The standard InChI is InChI=1S/C18H21N3O2S/c1-11-15(16-12(20-11)5-4-7-14(16)22)18(23)21-9-3-2-6-13(21)17-19-8-10-24-17/h8,10,13,20H,2-7,9H2,1H3/t13-/m1/s1. The number of aromatic amines is 1. The topological polar surface area (TPSA) is 66.1 Å². The molecular formula is C18H21N3O2S. The van der Waals surface area contributed by atoms with Crippen molar-refractivity contribution in [2.24, 2.45) is 0 Å². The number of ketones is 1. The monoisotopic (exact) mass is 343 g/mol. The van der Waals surface area contributed by atoms with Crippen molar-refractivity contribution in [2.45, 2.75) is 51.5 Å². The number of amides is 1. The molecule has 24 heavy (non-hydrogen) atoms. The second-order valence-electron chi connectivity index (χ2n) is 6.64. The van der Waals surface area contributed by atoms with Crippen LogP contribution in [0, 0.1) is 6.92 Å². The number of carbonyl (C=O) groups is 2. The van der Waals surface area contributed by atoms with Crippen molar-refractivity contribution in [2.75, 3.05) is 6.54 Å². The van der Waals surface area contributed by atoms with Crippen LogP contribution in [-0.2, 0) is 6.42 Å². The van der Waals surface area contributed by atoms with Crippen LogP contribution in [0.5, 0.6) is 0 Å². The summed E-state index contributed by atoms with van der Waals surface area (Å²) >= 11 is 1.60. The van der Waals surface area contributed by atoms with E-state index >= 15 is 0 Å². The van der Waals surface area contributed by atoms with E-state index in [-0.39, 0.29) is 17.7 Å². The maximum absolute atomic E-state index is 13.3. The number of carbonyl (C=O) groups excluding carboxylic acids is 2. The molecule has 1 saturated heterocycles. The van der Waals surface area contributed by atoms with Crippen LogP contribution in [0.2, 0.25) is 0 Å². The van der Waals surface area contributed by atoms with E-state index < -0.39 is 0 Å². The Balaban J connectivity index is 1.73. The molecule has 5 nitrogen and oxygen atoms in total. The first-order chi connectivity index (χ1) is 11.7. The van der Waals surface area contributed by atoms with Crippen molar-refractivity contribution in [3.63, 3.8) is 0 Å². The smallest absolute Gasteiger partial charge is 0.257 e. The summed E-state index contributed by atoms with van der Waals surface area (Å²) in [5.74, 6) is 0.0897. The lowest BCUT2D eigenvalue weighted by Gasteiger charge is -2.35.